The van der Waals surface area contributed by atoms with Crippen LogP contribution >= 0.6 is 0 Å². The van der Waals surface area contributed by atoms with Crippen molar-refractivity contribution in [3.63, 3.8) is 0 Å². The lowest BCUT2D eigenvalue weighted by atomic mass is 10.2. The summed E-state index contributed by atoms with van der Waals surface area (Å²) < 4.78 is 15.6. The van der Waals surface area contributed by atoms with Gasteiger partial charge >= 0.3 is 5.97 Å². The van der Waals surface area contributed by atoms with E-state index in [1.54, 1.807) is 30.2 Å². The molecule has 8 nitrogen and oxygen atoms in total. The smallest absolute Gasteiger partial charge is 0.340 e. The molecule has 0 spiro atoms. The molecule has 1 amide bonds. The van der Waals surface area contributed by atoms with Gasteiger partial charge in [-0.3, -0.25) is 4.79 Å². The monoisotopic (exact) mass is 395 g/mol. The Morgan fingerprint density at radius 3 is 2.55 bits per heavy atom. The van der Waals surface area contributed by atoms with Crippen LogP contribution < -0.4 is 9.64 Å². The lowest BCUT2D eigenvalue weighted by Crippen LogP contribution is -2.49. The number of nitrogens with zero attached hydrogens (tertiary/aromatic N) is 3. The number of oxazole rings is 1. The fourth-order valence-electron chi connectivity index (χ4n) is 3.35. The highest BCUT2D eigenvalue weighted by molar-refractivity contribution is 6.01. The molecule has 8 heteroatoms. The van der Waals surface area contributed by atoms with Gasteiger partial charge in [0, 0.05) is 31.9 Å². The number of ether oxygens (including phenoxy) is 2. The maximum Gasteiger partial charge on any atom is 0.340 e. The van der Waals surface area contributed by atoms with Crippen molar-refractivity contribution < 1.29 is 23.5 Å². The first kappa shape index (κ1) is 18.8. The molecule has 0 bridgehead atoms. The normalized spacial score (nSPS) is 14.1. The number of esters is 1. The summed E-state index contributed by atoms with van der Waals surface area (Å²) in [6, 6.07) is 12.8. The highest BCUT2D eigenvalue weighted by Gasteiger charge is 2.23. The third-order valence-electron chi connectivity index (χ3n) is 4.98. The molecule has 0 radical (unpaired) electrons. The number of methoxy groups -OCH3 is 1. The maximum absolute atomic E-state index is 12.5. The molecule has 1 aliphatic heterocycles. The fraction of sp³-hybridized carbons (Fsp3) is 0.286. The molecule has 4 rings (SSSR count). The number of aromatic nitrogens is 1. The Morgan fingerprint density at radius 1 is 1.07 bits per heavy atom. The SMILES string of the molecule is COc1ccc(N2CCN(C(=O)COC(=O)c3cccc4ocnc34)CC2)cc1. The van der Waals surface area contributed by atoms with Crippen LogP contribution in [0.5, 0.6) is 5.75 Å². The molecule has 1 saturated heterocycles. The Bertz CT molecular complexity index is 1010. The van der Waals surface area contributed by atoms with Crippen molar-refractivity contribution in [2.24, 2.45) is 0 Å². The molecule has 1 aromatic heterocycles. The van der Waals surface area contributed by atoms with Gasteiger partial charge in [-0.25, -0.2) is 9.78 Å². The number of carbonyl (C=O) groups is 2. The van der Waals surface area contributed by atoms with Gasteiger partial charge in [-0.1, -0.05) is 6.07 Å². The number of rotatable bonds is 5. The fourth-order valence-corrected chi connectivity index (χ4v) is 3.35. The summed E-state index contributed by atoms with van der Waals surface area (Å²) >= 11 is 0. The van der Waals surface area contributed by atoms with Crippen LogP contribution in [-0.4, -0.2) is 61.7 Å². The zero-order valence-corrected chi connectivity index (χ0v) is 16.0. The van der Waals surface area contributed by atoms with Crippen molar-refractivity contribution in [2.45, 2.75) is 0 Å². The van der Waals surface area contributed by atoms with E-state index >= 15 is 0 Å². The van der Waals surface area contributed by atoms with E-state index in [0.717, 1.165) is 11.4 Å². The van der Waals surface area contributed by atoms with E-state index in [1.165, 1.54) is 6.39 Å². The summed E-state index contributed by atoms with van der Waals surface area (Å²) in [4.78, 5) is 32.7. The topological polar surface area (TPSA) is 85.1 Å². The van der Waals surface area contributed by atoms with Crippen molar-refractivity contribution in [3.05, 3.63) is 54.4 Å². The zero-order valence-electron chi connectivity index (χ0n) is 16.0. The first-order valence-electron chi connectivity index (χ1n) is 9.32. The second-order valence-electron chi connectivity index (χ2n) is 6.65. The van der Waals surface area contributed by atoms with Gasteiger partial charge in [-0.05, 0) is 36.4 Å². The Balaban J connectivity index is 1.29. The van der Waals surface area contributed by atoms with Crippen molar-refractivity contribution in [2.75, 3.05) is 44.8 Å². The van der Waals surface area contributed by atoms with Crippen molar-refractivity contribution in [1.82, 2.24) is 9.88 Å². The molecular formula is C21H21N3O5. The van der Waals surface area contributed by atoms with Crippen molar-refractivity contribution in [3.8, 4) is 5.75 Å². The van der Waals surface area contributed by atoms with Crippen LogP contribution in [0.25, 0.3) is 11.1 Å². The van der Waals surface area contributed by atoms with Crippen LogP contribution in [0, 0.1) is 0 Å². The molecule has 0 N–H and O–H groups in total. The van der Waals surface area contributed by atoms with Crippen molar-refractivity contribution in [1.29, 1.82) is 0 Å². The van der Waals surface area contributed by atoms with E-state index in [4.69, 9.17) is 13.9 Å². The third-order valence-corrected chi connectivity index (χ3v) is 4.98. The third kappa shape index (κ3) is 4.01. The van der Waals surface area contributed by atoms with E-state index < -0.39 is 5.97 Å². The number of anilines is 1. The number of benzene rings is 2. The van der Waals surface area contributed by atoms with Crippen LogP contribution in [0.3, 0.4) is 0 Å². The molecule has 0 atom stereocenters. The van der Waals surface area contributed by atoms with E-state index in [1.807, 2.05) is 24.3 Å². The molecule has 2 aromatic carbocycles. The Kier molecular flexibility index (Phi) is 5.33. The standard InChI is InChI=1S/C21H21N3O5/c1-27-16-7-5-15(6-8-16)23-9-11-24(12-10-23)19(25)13-28-21(26)17-3-2-4-18-20(17)22-14-29-18/h2-8,14H,9-13H2,1H3. The molecule has 2 heterocycles. The van der Waals surface area contributed by atoms with Gasteiger partial charge in [-0.15, -0.1) is 0 Å². The summed E-state index contributed by atoms with van der Waals surface area (Å²) in [5.74, 6) is 0.0143. The predicted molar refractivity (Wildman–Crippen MR) is 106 cm³/mol. The molecular weight excluding hydrogens is 374 g/mol. The number of carbonyl (C=O) groups excluding carboxylic acids is 2. The molecule has 3 aromatic rings. The summed E-state index contributed by atoms with van der Waals surface area (Å²) in [6.45, 7) is 2.27. The van der Waals surface area contributed by atoms with Crippen LogP contribution in [0.2, 0.25) is 0 Å². The molecule has 29 heavy (non-hydrogen) atoms. The molecule has 0 aliphatic carbocycles. The van der Waals surface area contributed by atoms with E-state index in [-0.39, 0.29) is 18.1 Å². The molecule has 0 saturated carbocycles. The molecule has 1 fully saturated rings. The number of fused-ring (bicyclic) bond motifs is 1. The predicted octanol–water partition coefficient (Wildman–Crippen LogP) is 2.34. The summed E-state index contributed by atoms with van der Waals surface area (Å²) in [5, 5.41) is 0. The second kappa shape index (κ2) is 8.22. The zero-order chi connectivity index (χ0) is 20.2. The minimum atomic E-state index is -0.588. The molecule has 150 valence electrons. The van der Waals surface area contributed by atoms with E-state index in [2.05, 4.69) is 9.88 Å². The summed E-state index contributed by atoms with van der Waals surface area (Å²) in [7, 11) is 1.64. The van der Waals surface area contributed by atoms with Crippen LogP contribution in [0.4, 0.5) is 5.69 Å². The number of piperazine rings is 1. The summed E-state index contributed by atoms with van der Waals surface area (Å²) in [5.41, 5.74) is 2.30. The van der Waals surface area contributed by atoms with E-state index in [9.17, 15) is 9.59 Å². The van der Waals surface area contributed by atoms with Gasteiger partial charge in [0.05, 0.1) is 12.7 Å². The second-order valence-corrected chi connectivity index (χ2v) is 6.65. The van der Waals surface area contributed by atoms with Crippen LogP contribution in [0.1, 0.15) is 10.4 Å². The largest absolute Gasteiger partial charge is 0.497 e. The van der Waals surface area contributed by atoms with Gasteiger partial charge in [0.2, 0.25) is 0 Å². The highest BCUT2D eigenvalue weighted by Crippen LogP contribution is 2.21. The number of hydrogen-bond donors (Lipinski definition) is 0. The minimum absolute atomic E-state index is 0.208. The van der Waals surface area contributed by atoms with Gasteiger partial charge in [0.1, 0.15) is 11.3 Å². The molecule has 0 unspecified atom stereocenters. The molecule has 1 aliphatic rings. The van der Waals surface area contributed by atoms with Crippen LogP contribution in [0.15, 0.2) is 53.3 Å². The Labute approximate surface area is 167 Å². The lowest BCUT2D eigenvalue weighted by molar-refractivity contribution is -0.134. The van der Waals surface area contributed by atoms with Gasteiger partial charge < -0.3 is 23.7 Å². The Morgan fingerprint density at radius 2 is 1.83 bits per heavy atom. The quantitative estimate of drug-likeness (QED) is 0.613. The van der Waals surface area contributed by atoms with Crippen LogP contribution in [-0.2, 0) is 9.53 Å². The number of amides is 1. The summed E-state index contributed by atoms with van der Waals surface area (Å²) in [6.07, 6.45) is 1.27. The van der Waals surface area contributed by atoms with Gasteiger partial charge in [-0.2, -0.15) is 0 Å². The first-order chi connectivity index (χ1) is 14.2. The van der Waals surface area contributed by atoms with Gasteiger partial charge in [0.15, 0.2) is 18.6 Å². The highest BCUT2D eigenvalue weighted by atomic mass is 16.5. The number of hydrogen-bond acceptors (Lipinski definition) is 7. The lowest BCUT2D eigenvalue weighted by Gasteiger charge is -2.36. The Hall–Kier alpha value is -3.55. The minimum Gasteiger partial charge on any atom is -0.497 e. The number of para-hydroxylation sites is 1. The average molecular weight is 395 g/mol. The maximum atomic E-state index is 12.5. The average Bonchev–Trinajstić information content (AvgIpc) is 3.26. The van der Waals surface area contributed by atoms with E-state index in [0.29, 0.717) is 37.3 Å². The van der Waals surface area contributed by atoms with Gasteiger partial charge in [0.25, 0.3) is 5.91 Å². The first-order valence-corrected chi connectivity index (χ1v) is 9.32. The van der Waals surface area contributed by atoms with Crippen molar-refractivity contribution >= 4 is 28.7 Å².